The van der Waals surface area contributed by atoms with Crippen LogP contribution >= 0.6 is 0 Å². The predicted octanol–water partition coefficient (Wildman–Crippen LogP) is 2.03. The van der Waals surface area contributed by atoms with Crippen LogP contribution in [0.5, 0.6) is 5.75 Å². The molecule has 0 saturated heterocycles. The molecule has 0 spiro atoms. The topological polar surface area (TPSA) is 75.6 Å². The SMILES string of the molecule is O=C(O)CCCCNC(=O)Oc1ccccc1. The molecule has 0 atom stereocenters. The van der Waals surface area contributed by atoms with Gasteiger partial charge in [0.2, 0.25) is 0 Å². The quantitative estimate of drug-likeness (QED) is 0.742. The molecule has 92 valence electrons. The molecule has 5 heteroatoms. The maximum absolute atomic E-state index is 11.3. The minimum atomic E-state index is -0.822. The standard InChI is InChI=1S/C12H15NO4/c14-11(15)8-4-5-9-13-12(16)17-10-6-2-1-3-7-10/h1-3,6-7H,4-5,8-9H2,(H,13,16)(H,14,15). The van der Waals surface area contributed by atoms with Crippen LogP contribution in [-0.4, -0.2) is 23.7 Å². The van der Waals surface area contributed by atoms with Crippen molar-refractivity contribution >= 4 is 12.1 Å². The van der Waals surface area contributed by atoms with Crippen LogP contribution in [0.4, 0.5) is 4.79 Å². The zero-order valence-corrected chi connectivity index (χ0v) is 9.39. The predicted molar refractivity (Wildman–Crippen MR) is 62.0 cm³/mol. The Morgan fingerprint density at radius 3 is 2.53 bits per heavy atom. The molecule has 0 fully saturated rings. The van der Waals surface area contributed by atoms with Crippen molar-refractivity contribution in [1.82, 2.24) is 5.32 Å². The van der Waals surface area contributed by atoms with E-state index >= 15 is 0 Å². The summed E-state index contributed by atoms with van der Waals surface area (Å²) in [6.45, 7) is 0.416. The second-order valence-electron chi connectivity index (χ2n) is 3.48. The van der Waals surface area contributed by atoms with Crippen LogP contribution in [0.3, 0.4) is 0 Å². The van der Waals surface area contributed by atoms with E-state index in [2.05, 4.69) is 5.32 Å². The first-order valence-corrected chi connectivity index (χ1v) is 5.41. The van der Waals surface area contributed by atoms with Gasteiger partial charge in [0.05, 0.1) is 0 Å². The average molecular weight is 237 g/mol. The lowest BCUT2D eigenvalue weighted by Gasteiger charge is -2.05. The number of hydrogen-bond acceptors (Lipinski definition) is 3. The third-order valence-corrected chi connectivity index (χ3v) is 2.04. The molecule has 1 rings (SSSR count). The molecule has 0 aromatic heterocycles. The minimum Gasteiger partial charge on any atom is -0.481 e. The average Bonchev–Trinajstić information content (AvgIpc) is 2.29. The van der Waals surface area contributed by atoms with Gasteiger partial charge in [0, 0.05) is 13.0 Å². The number of amides is 1. The number of benzene rings is 1. The maximum Gasteiger partial charge on any atom is 0.412 e. The van der Waals surface area contributed by atoms with Gasteiger partial charge in [0.1, 0.15) is 5.75 Å². The summed E-state index contributed by atoms with van der Waals surface area (Å²) in [6.07, 6.45) is 0.763. The summed E-state index contributed by atoms with van der Waals surface area (Å²) in [4.78, 5) is 21.5. The van der Waals surface area contributed by atoms with E-state index in [1.807, 2.05) is 6.07 Å². The fourth-order valence-corrected chi connectivity index (χ4v) is 1.22. The lowest BCUT2D eigenvalue weighted by Crippen LogP contribution is -2.27. The summed E-state index contributed by atoms with van der Waals surface area (Å²) in [5.41, 5.74) is 0. The minimum absolute atomic E-state index is 0.120. The summed E-state index contributed by atoms with van der Waals surface area (Å²) in [5, 5.41) is 11.0. The highest BCUT2D eigenvalue weighted by Crippen LogP contribution is 2.07. The zero-order chi connectivity index (χ0) is 12.5. The summed E-state index contributed by atoms with van der Waals surface area (Å²) in [7, 11) is 0. The summed E-state index contributed by atoms with van der Waals surface area (Å²) < 4.78 is 4.98. The van der Waals surface area contributed by atoms with Gasteiger partial charge < -0.3 is 15.2 Å². The highest BCUT2D eigenvalue weighted by Gasteiger charge is 2.02. The van der Waals surface area contributed by atoms with Crippen LogP contribution in [0.15, 0.2) is 30.3 Å². The highest BCUT2D eigenvalue weighted by atomic mass is 16.6. The highest BCUT2D eigenvalue weighted by molar-refractivity contribution is 5.70. The molecule has 1 aromatic carbocycles. The number of aliphatic carboxylic acids is 1. The van der Waals surface area contributed by atoms with Gasteiger partial charge >= 0.3 is 12.1 Å². The molecule has 0 heterocycles. The van der Waals surface area contributed by atoms with Gasteiger partial charge in [-0.2, -0.15) is 0 Å². The molecule has 0 saturated carbocycles. The molecule has 0 aliphatic heterocycles. The number of nitrogens with one attached hydrogen (secondary N) is 1. The van der Waals surface area contributed by atoms with Crippen molar-refractivity contribution in [3.05, 3.63) is 30.3 Å². The number of carboxylic acid groups (broad SMARTS) is 1. The molecule has 0 bridgehead atoms. The number of rotatable bonds is 6. The number of carbonyl (C=O) groups is 2. The van der Waals surface area contributed by atoms with Crippen molar-refractivity contribution < 1.29 is 19.4 Å². The zero-order valence-electron chi connectivity index (χ0n) is 9.39. The van der Waals surface area contributed by atoms with Crippen LogP contribution in [0.25, 0.3) is 0 Å². The van der Waals surface area contributed by atoms with Crippen LogP contribution in [0.2, 0.25) is 0 Å². The number of para-hydroxylation sites is 1. The van der Waals surface area contributed by atoms with Crippen LogP contribution in [0.1, 0.15) is 19.3 Å². The van der Waals surface area contributed by atoms with Crippen LogP contribution in [0, 0.1) is 0 Å². The van der Waals surface area contributed by atoms with E-state index in [9.17, 15) is 9.59 Å². The summed E-state index contributed by atoms with van der Waals surface area (Å²) in [6, 6.07) is 8.75. The number of unbranched alkanes of at least 4 members (excludes halogenated alkanes) is 1. The second kappa shape index (κ2) is 7.27. The van der Waals surface area contributed by atoms with Gasteiger partial charge in [0.15, 0.2) is 0 Å². The van der Waals surface area contributed by atoms with Crippen molar-refractivity contribution in [2.75, 3.05) is 6.54 Å². The number of carboxylic acids is 1. The lowest BCUT2D eigenvalue weighted by atomic mass is 10.2. The third kappa shape index (κ3) is 6.19. The lowest BCUT2D eigenvalue weighted by molar-refractivity contribution is -0.137. The molecule has 0 radical (unpaired) electrons. The first kappa shape index (κ1) is 13.0. The van der Waals surface area contributed by atoms with E-state index in [4.69, 9.17) is 9.84 Å². The van der Waals surface area contributed by atoms with Crippen molar-refractivity contribution in [3.63, 3.8) is 0 Å². The van der Waals surface area contributed by atoms with Crippen molar-refractivity contribution in [2.24, 2.45) is 0 Å². The number of hydrogen-bond donors (Lipinski definition) is 2. The monoisotopic (exact) mass is 237 g/mol. The largest absolute Gasteiger partial charge is 0.481 e. The van der Waals surface area contributed by atoms with E-state index in [0.29, 0.717) is 25.1 Å². The van der Waals surface area contributed by atoms with Gasteiger partial charge in [-0.15, -0.1) is 0 Å². The number of carbonyl (C=O) groups excluding carboxylic acids is 1. The fourth-order valence-electron chi connectivity index (χ4n) is 1.22. The molecular formula is C12H15NO4. The van der Waals surface area contributed by atoms with Gasteiger partial charge in [-0.25, -0.2) is 4.79 Å². The molecule has 0 aliphatic rings. The molecule has 1 aromatic rings. The molecular weight excluding hydrogens is 222 g/mol. The first-order chi connectivity index (χ1) is 8.18. The Morgan fingerprint density at radius 2 is 1.88 bits per heavy atom. The molecule has 17 heavy (non-hydrogen) atoms. The molecule has 0 unspecified atom stereocenters. The van der Waals surface area contributed by atoms with Gasteiger partial charge in [-0.05, 0) is 25.0 Å². The van der Waals surface area contributed by atoms with Crippen LogP contribution < -0.4 is 10.1 Å². The maximum atomic E-state index is 11.3. The van der Waals surface area contributed by atoms with E-state index in [-0.39, 0.29) is 6.42 Å². The van der Waals surface area contributed by atoms with E-state index in [0.717, 1.165) is 0 Å². The number of ether oxygens (including phenoxy) is 1. The Labute approximate surface area is 99.4 Å². The van der Waals surface area contributed by atoms with Crippen molar-refractivity contribution in [2.45, 2.75) is 19.3 Å². The summed E-state index contributed by atoms with van der Waals surface area (Å²) >= 11 is 0. The normalized spacial score (nSPS) is 9.65. The summed E-state index contributed by atoms with van der Waals surface area (Å²) in [5.74, 6) is -0.340. The van der Waals surface area contributed by atoms with Crippen molar-refractivity contribution in [1.29, 1.82) is 0 Å². The molecule has 0 aliphatic carbocycles. The Hall–Kier alpha value is -2.04. The Bertz CT molecular complexity index is 364. The van der Waals surface area contributed by atoms with E-state index in [1.54, 1.807) is 24.3 Å². The molecule has 1 amide bonds. The van der Waals surface area contributed by atoms with Gasteiger partial charge in [-0.3, -0.25) is 4.79 Å². The third-order valence-electron chi connectivity index (χ3n) is 2.04. The Morgan fingerprint density at radius 1 is 1.18 bits per heavy atom. The van der Waals surface area contributed by atoms with Crippen molar-refractivity contribution in [3.8, 4) is 5.75 Å². The molecule has 2 N–H and O–H groups in total. The molecule has 5 nitrogen and oxygen atoms in total. The Kier molecular flexibility index (Phi) is 5.57. The first-order valence-electron chi connectivity index (χ1n) is 5.41. The Balaban J connectivity index is 2.12. The smallest absolute Gasteiger partial charge is 0.412 e. The van der Waals surface area contributed by atoms with E-state index in [1.165, 1.54) is 0 Å². The van der Waals surface area contributed by atoms with Gasteiger partial charge in [0.25, 0.3) is 0 Å². The second-order valence-corrected chi connectivity index (χ2v) is 3.48. The van der Waals surface area contributed by atoms with E-state index < -0.39 is 12.1 Å². The fraction of sp³-hybridized carbons (Fsp3) is 0.333. The van der Waals surface area contributed by atoms with Crippen LogP contribution in [-0.2, 0) is 4.79 Å². The van der Waals surface area contributed by atoms with Gasteiger partial charge in [-0.1, -0.05) is 18.2 Å².